The second-order valence-corrected chi connectivity index (χ2v) is 4.81. The highest BCUT2D eigenvalue weighted by atomic mass is 16.6. The Hall–Kier alpha value is -2.56. The Bertz CT molecular complexity index is 667. The second-order valence-electron chi connectivity index (χ2n) is 4.81. The minimum Gasteiger partial charge on any atom is -0.496 e. The maximum Gasteiger partial charge on any atom is 0.314 e. The van der Waals surface area contributed by atoms with E-state index < -0.39 is 4.92 Å². The Morgan fingerprint density at radius 2 is 1.90 bits per heavy atom. The van der Waals surface area contributed by atoms with Crippen molar-refractivity contribution in [3.05, 3.63) is 63.2 Å². The van der Waals surface area contributed by atoms with Gasteiger partial charge in [0, 0.05) is 0 Å². The maximum atomic E-state index is 11.1. The fourth-order valence-corrected chi connectivity index (χ4v) is 2.00. The van der Waals surface area contributed by atoms with Crippen LogP contribution in [-0.4, -0.2) is 12.0 Å². The molecule has 0 aliphatic rings. The number of methoxy groups -OCH3 is 1. The maximum absolute atomic E-state index is 11.1. The number of nitrogens with zero attached hydrogens (tertiary/aromatic N) is 1. The SMILES string of the molecule is COc1ccc(OCc2cc(C)ccc2C)c([N+](=O)[O-])c1. The highest BCUT2D eigenvalue weighted by Gasteiger charge is 2.16. The van der Waals surface area contributed by atoms with Gasteiger partial charge in [0.1, 0.15) is 12.4 Å². The van der Waals surface area contributed by atoms with Crippen molar-refractivity contribution in [2.75, 3.05) is 7.11 Å². The molecule has 0 fully saturated rings. The quantitative estimate of drug-likeness (QED) is 0.620. The van der Waals surface area contributed by atoms with Crippen LogP contribution in [-0.2, 0) is 6.61 Å². The lowest BCUT2D eigenvalue weighted by atomic mass is 10.1. The molecule has 0 saturated carbocycles. The van der Waals surface area contributed by atoms with Crippen LogP contribution in [0.15, 0.2) is 36.4 Å². The van der Waals surface area contributed by atoms with Gasteiger partial charge in [-0.25, -0.2) is 0 Å². The third-order valence-corrected chi connectivity index (χ3v) is 3.25. The fourth-order valence-electron chi connectivity index (χ4n) is 2.00. The van der Waals surface area contributed by atoms with E-state index in [0.717, 1.165) is 16.7 Å². The van der Waals surface area contributed by atoms with Crippen molar-refractivity contribution in [2.45, 2.75) is 20.5 Å². The summed E-state index contributed by atoms with van der Waals surface area (Å²) in [7, 11) is 1.47. The van der Waals surface area contributed by atoms with Crippen LogP contribution in [0.2, 0.25) is 0 Å². The van der Waals surface area contributed by atoms with E-state index in [4.69, 9.17) is 9.47 Å². The van der Waals surface area contributed by atoms with Crippen LogP contribution in [0.5, 0.6) is 11.5 Å². The van der Waals surface area contributed by atoms with Crippen molar-refractivity contribution < 1.29 is 14.4 Å². The van der Waals surface area contributed by atoms with Gasteiger partial charge in [0.2, 0.25) is 0 Å². The predicted molar refractivity (Wildman–Crippen MR) is 79.9 cm³/mol. The summed E-state index contributed by atoms with van der Waals surface area (Å²) >= 11 is 0. The predicted octanol–water partition coefficient (Wildman–Crippen LogP) is 3.80. The number of rotatable bonds is 5. The van der Waals surface area contributed by atoms with E-state index in [2.05, 4.69) is 0 Å². The topological polar surface area (TPSA) is 61.6 Å². The lowest BCUT2D eigenvalue weighted by Crippen LogP contribution is -2.01. The molecule has 0 N–H and O–H groups in total. The van der Waals surface area contributed by atoms with E-state index in [1.165, 1.54) is 13.2 Å². The molecule has 21 heavy (non-hydrogen) atoms. The van der Waals surface area contributed by atoms with E-state index >= 15 is 0 Å². The molecule has 0 atom stereocenters. The first-order valence-electron chi connectivity index (χ1n) is 6.52. The molecule has 2 rings (SSSR count). The molecular weight excluding hydrogens is 270 g/mol. The van der Waals surface area contributed by atoms with Gasteiger partial charge in [0.05, 0.1) is 18.1 Å². The van der Waals surface area contributed by atoms with Gasteiger partial charge in [-0.3, -0.25) is 10.1 Å². The number of nitro benzene ring substituents is 1. The van der Waals surface area contributed by atoms with Gasteiger partial charge >= 0.3 is 5.69 Å². The van der Waals surface area contributed by atoms with Crippen LogP contribution in [0.3, 0.4) is 0 Å². The molecule has 0 unspecified atom stereocenters. The van der Waals surface area contributed by atoms with E-state index in [9.17, 15) is 10.1 Å². The van der Waals surface area contributed by atoms with Crippen molar-refractivity contribution in [1.29, 1.82) is 0 Å². The standard InChI is InChI=1S/C16H17NO4/c1-11-4-5-12(2)13(8-11)10-21-16-7-6-14(20-3)9-15(16)17(18)19/h4-9H,10H2,1-3H3. The Kier molecular flexibility index (Phi) is 4.42. The summed E-state index contributed by atoms with van der Waals surface area (Å²) in [6.45, 7) is 4.28. The highest BCUT2D eigenvalue weighted by Crippen LogP contribution is 2.31. The molecule has 0 aliphatic heterocycles. The van der Waals surface area contributed by atoms with Crippen LogP contribution >= 0.6 is 0 Å². The number of benzene rings is 2. The number of ether oxygens (including phenoxy) is 2. The van der Waals surface area contributed by atoms with Gasteiger partial charge in [-0.15, -0.1) is 0 Å². The largest absolute Gasteiger partial charge is 0.496 e. The zero-order valence-corrected chi connectivity index (χ0v) is 12.3. The second kappa shape index (κ2) is 6.26. The van der Waals surface area contributed by atoms with Gasteiger partial charge in [-0.1, -0.05) is 23.8 Å². The summed E-state index contributed by atoms with van der Waals surface area (Å²) in [5.41, 5.74) is 3.14. The smallest absolute Gasteiger partial charge is 0.314 e. The van der Waals surface area contributed by atoms with Gasteiger partial charge in [-0.05, 0) is 37.1 Å². The molecule has 0 amide bonds. The van der Waals surface area contributed by atoms with Gasteiger partial charge in [-0.2, -0.15) is 0 Å². The summed E-state index contributed by atoms with van der Waals surface area (Å²) < 4.78 is 10.6. The highest BCUT2D eigenvalue weighted by molar-refractivity contribution is 5.51. The Morgan fingerprint density at radius 3 is 2.57 bits per heavy atom. The van der Waals surface area contributed by atoms with Crippen LogP contribution < -0.4 is 9.47 Å². The van der Waals surface area contributed by atoms with E-state index in [1.807, 2.05) is 32.0 Å². The lowest BCUT2D eigenvalue weighted by molar-refractivity contribution is -0.386. The molecule has 0 spiro atoms. The zero-order chi connectivity index (χ0) is 15.4. The van der Waals surface area contributed by atoms with Crippen LogP contribution in [0.4, 0.5) is 5.69 Å². The van der Waals surface area contributed by atoms with Crippen molar-refractivity contribution in [1.82, 2.24) is 0 Å². The molecule has 0 bridgehead atoms. The Balaban J connectivity index is 2.23. The van der Waals surface area contributed by atoms with E-state index in [0.29, 0.717) is 12.4 Å². The van der Waals surface area contributed by atoms with Gasteiger partial charge in [0.15, 0.2) is 5.75 Å². The number of hydrogen-bond donors (Lipinski definition) is 0. The van der Waals surface area contributed by atoms with E-state index in [-0.39, 0.29) is 11.4 Å². The molecule has 2 aromatic carbocycles. The third kappa shape index (κ3) is 3.51. The van der Waals surface area contributed by atoms with Crippen molar-refractivity contribution in [2.24, 2.45) is 0 Å². The number of nitro groups is 1. The third-order valence-electron chi connectivity index (χ3n) is 3.25. The molecule has 0 saturated heterocycles. The summed E-state index contributed by atoms with van der Waals surface area (Å²) in [4.78, 5) is 10.6. The summed E-state index contributed by atoms with van der Waals surface area (Å²) in [5, 5.41) is 11.1. The van der Waals surface area contributed by atoms with Crippen LogP contribution in [0.25, 0.3) is 0 Å². The molecule has 2 aromatic rings. The Morgan fingerprint density at radius 1 is 1.14 bits per heavy atom. The molecule has 5 nitrogen and oxygen atoms in total. The average Bonchev–Trinajstić information content (AvgIpc) is 2.48. The monoisotopic (exact) mass is 287 g/mol. The average molecular weight is 287 g/mol. The fraction of sp³-hybridized carbons (Fsp3) is 0.250. The number of aryl methyl sites for hydroxylation is 2. The first-order chi connectivity index (χ1) is 10.0. The Labute approximate surface area is 123 Å². The van der Waals surface area contributed by atoms with Crippen LogP contribution in [0, 0.1) is 24.0 Å². The van der Waals surface area contributed by atoms with E-state index in [1.54, 1.807) is 12.1 Å². The number of hydrogen-bond acceptors (Lipinski definition) is 4. The molecule has 0 aromatic heterocycles. The molecular formula is C16H17NO4. The molecule has 0 radical (unpaired) electrons. The van der Waals surface area contributed by atoms with Crippen molar-refractivity contribution >= 4 is 5.69 Å². The summed E-state index contributed by atoms with van der Waals surface area (Å²) in [5.74, 6) is 0.669. The minimum absolute atomic E-state index is 0.0975. The van der Waals surface area contributed by atoms with Crippen molar-refractivity contribution in [3.8, 4) is 11.5 Å². The van der Waals surface area contributed by atoms with Crippen molar-refractivity contribution in [3.63, 3.8) is 0 Å². The molecule has 0 heterocycles. The first-order valence-corrected chi connectivity index (χ1v) is 6.52. The van der Waals surface area contributed by atoms with Gasteiger partial charge in [0.25, 0.3) is 0 Å². The minimum atomic E-state index is -0.471. The molecule has 5 heteroatoms. The van der Waals surface area contributed by atoms with Crippen LogP contribution in [0.1, 0.15) is 16.7 Å². The molecule has 0 aliphatic carbocycles. The zero-order valence-electron chi connectivity index (χ0n) is 12.3. The first kappa shape index (κ1) is 14.8. The normalized spacial score (nSPS) is 10.2. The van der Waals surface area contributed by atoms with Gasteiger partial charge < -0.3 is 9.47 Å². The summed E-state index contributed by atoms with van der Waals surface area (Å²) in [6, 6.07) is 10.6. The molecule has 110 valence electrons. The summed E-state index contributed by atoms with van der Waals surface area (Å²) in [6.07, 6.45) is 0. The lowest BCUT2D eigenvalue weighted by Gasteiger charge is -2.10.